The molecule has 5 heteroatoms. The van der Waals surface area contributed by atoms with Crippen molar-refractivity contribution in [2.24, 2.45) is 0 Å². The number of furan rings is 1. The van der Waals surface area contributed by atoms with E-state index in [9.17, 15) is 4.79 Å². The number of carbonyl (C=O) groups excluding carboxylic acids is 1. The van der Waals surface area contributed by atoms with Crippen molar-refractivity contribution in [3.05, 3.63) is 23.1 Å². The van der Waals surface area contributed by atoms with Crippen LogP contribution < -0.4 is 5.32 Å². The molecule has 0 saturated heterocycles. The van der Waals surface area contributed by atoms with Gasteiger partial charge in [0.2, 0.25) is 5.22 Å². The number of nitrogens with one attached hydrogen (secondary N) is 1. The zero-order chi connectivity index (χ0) is 9.84. The largest absolute Gasteiger partial charge is 0.452 e. The van der Waals surface area contributed by atoms with Crippen LogP contribution in [0.1, 0.15) is 17.3 Å². The highest BCUT2D eigenvalue weighted by molar-refractivity contribution is 6.32. The normalized spacial score (nSPS) is 12.5. The Morgan fingerprint density at radius 2 is 2.54 bits per heavy atom. The van der Waals surface area contributed by atoms with Crippen molar-refractivity contribution >= 4 is 17.5 Å². The average Bonchev–Trinajstić information content (AvgIpc) is 2.47. The molecule has 0 aliphatic carbocycles. The first kappa shape index (κ1) is 10.1. The number of halogens is 1. The van der Waals surface area contributed by atoms with Crippen LogP contribution in [0.5, 0.6) is 0 Å². The molecule has 0 aliphatic heterocycles. The molecule has 1 amide bonds. The number of aliphatic hydroxyl groups excluding tert-OH is 1. The van der Waals surface area contributed by atoms with Gasteiger partial charge in [-0.2, -0.15) is 0 Å². The van der Waals surface area contributed by atoms with Gasteiger partial charge < -0.3 is 14.8 Å². The molecule has 0 bridgehead atoms. The van der Waals surface area contributed by atoms with Crippen molar-refractivity contribution in [3.8, 4) is 0 Å². The van der Waals surface area contributed by atoms with Gasteiger partial charge >= 0.3 is 0 Å². The van der Waals surface area contributed by atoms with Crippen molar-refractivity contribution in [2.45, 2.75) is 13.0 Å². The number of amides is 1. The number of hydrogen-bond acceptors (Lipinski definition) is 3. The summed E-state index contributed by atoms with van der Waals surface area (Å²) in [5.74, 6) is -0.348. The van der Waals surface area contributed by atoms with Gasteiger partial charge in [-0.15, -0.1) is 0 Å². The molecule has 2 N–H and O–H groups in total. The molecule has 0 aromatic carbocycles. The molecule has 1 aromatic heterocycles. The minimum atomic E-state index is -0.574. The van der Waals surface area contributed by atoms with Gasteiger partial charge in [-0.05, 0) is 24.6 Å². The molecule has 1 rings (SSSR count). The van der Waals surface area contributed by atoms with Crippen LogP contribution in [-0.4, -0.2) is 23.7 Å². The van der Waals surface area contributed by atoms with Crippen LogP contribution in [0.2, 0.25) is 5.22 Å². The van der Waals surface area contributed by atoms with Gasteiger partial charge in [-0.1, -0.05) is 0 Å². The first-order valence-corrected chi connectivity index (χ1v) is 4.18. The Morgan fingerprint density at radius 3 is 3.00 bits per heavy atom. The molecule has 13 heavy (non-hydrogen) atoms. The third-order valence-electron chi connectivity index (χ3n) is 1.42. The number of rotatable bonds is 3. The van der Waals surface area contributed by atoms with E-state index in [1.165, 1.54) is 12.3 Å². The lowest BCUT2D eigenvalue weighted by molar-refractivity contribution is 0.0923. The Labute approximate surface area is 80.5 Å². The monoisotopic (exact) mass is 203 g/mol. The SMILES string of the molecule is CC(O)CNC(=O)c1ccoc1Cl. The lowest BCUT2D eigenvalue weighted by atomic mass is 10.3. The molecule has 1 atom stereocenters. The maximum atomic E-state index is 11.3. The molecule has 0 spiro atoms. The zero-order valence-corrected chi connectivity index (χ0v) is 7.84. The van der Waals surface area contributed by atoms with Crippen LogP contribution in [0.25, 0.3) is 0 Å². The fourth-order valence-electron chi connectivity index (χ4n) is 0.791. The number of aliphatic hydroxyl groups is 1. The van der Waals surface area contributed by atoms with E-state index in [0.717, 1.165) is 0 Å². The van der Waals surface area contributed by atoms with Crippen molar-refractivity contribution in [1.82, 2.24) is 5.32 Å². The highest BCUT2D eigenvalue weighted by atomic mass is 35.5. The molecule has 1 heterocycles. The topological polar surface area (TPSA) is 62.5 Å². The summed E-state index contributed by atoms with van der Waals surface area (Å²) < 4.78 is 4.73. The predicted octanol–water partition coefficient (Wildman–Crippen LogP) is 1.04. The smallest absolute Gasteiger partial charge is 0.256 e. The van der Waals surface area contributed by atoms with E-state index in [0.29, 0.717) is 0 Å². The molecule has 1 unspecified atom stereocenters. The Bertz CT molecular complexity index is 295. The molecular formula is C8H10ClNO3. The van der Waals surface area contributed by atoms with Gasteiger partial charge in [-0.3, -0.25) is 4.79 Å². The highest BCUT2D eigenvalue weighted by Crippen LogP contribution is 2.15. The predicted molar refractivity (Wildman–Crippen MR) is 47.7 cm³/mol. The summed E-state index contributed by atoms with van der Waals surface area (Å²) in [4.78, 5) is 11.3. The van der Waals surface area contributed by atoms with Crippen molar-refractivity contribution in [1.29, 1.82) is 0 Å². The lowest BCUT2D eigenvalue weighted by Crippen LogP contribution is -2.30. The maximum absolute atomic E-state index is 11.3. The summed E-state index contributed by atoms with van der Waals surface area (Å²) in [5, 5.41) is 11.4. The van der Waals surface area contributed by atoms with Gasteiger partial charge in [0, 0.05) is 6.54 Å². The summed E-state index contributed by atoms with van der Waals surface area (Å²) in [6.07, 6.45) is 0.759. The van der Waals surface area contributed by atoms with E-state index in [-0.39, 0.29) is 23.2 Å². The standard InChI is InChI=1S/C8H10ClNO3/c1-5(11)4-10-8(12)6-2-3-13-7(6)9/h2-3,5,11H,4H2,1H3,(H,10,12). The van der Waals surface area contributed by atoms with Gasteiger partial charge in [-0.25, -0.2) is 0 Å². The highest BCUT2D eigenvalue weighted by Gasteiger charge is 2.12. The summed E-state index contributed by atoms with van der Waals surface area (Å²) >= 11 is 5.56. The second kappa shape index (κ2) is 4.30. The third-order valence-corrected chi connectivity index (χ3v) is 1.71. The van der Waals surface area contributed by atoms with E-state index in [1.807, 2.05) is 0 Å². The van der Waals surface area contributed by atoms with E-state index in [1.54, 1.807) is 6.92 Å². The van der Waals surface area contributed by atoms with Crippen LogP contribution in [0.15, 0.2) is 16.7 Å². The van der Waals surface area contributed by atoms with Gasteiger partial charge in [0.1, 0.15) is 0 Å². The maximum Gasteiger partial charge on any atom is 0.256 e. The molecule has 72 valence electrons. The van der Waals surface area contributed by atoms with E-state index in [2.05, 4.69) is 5.32 Å². The first-order chi connectivity index (χ1) is 6.11. The van der Waals surface area contributed by atoms with E-state index in [4.69, 9.17) is 21.1 Å². The fourth-order valence-corrected chi connectivity index (χ4v) is 0.992. The number of hydrogen-bond donors (Lipinski definition) is 2. The van der Waals surface area contributed by atoms with Crippen LogP contribution in [0, 0.1) is 0 Å². The Hall–Kier alpha value is -1.00. The summed E-state index contributed by atoms with van der Waals surface area (Å²) in [6.45, 7) is 1.78. The van der Waals surface area contributed by atoms with Crippen LogP contribution in [-0.2, 0) is 0 Å². The second-order valence-electron chi connectivity index (χ2n) is 2.67. The molecule has 1 aromatic rings. The van der Waals surface area contributed by atoms with Crippen LogP contribution in [0.4, 0.5) is 0 Å². The zero-order valence-electron chi connectivity index (χ0n) is 7.08. The molecule has 0 fully saturated rings. The minimum absolute atomic E-state index is 0.0584. The van der Waals surface area contributed by atoms with E-state index >= 15 is 0 Å². The lowest BCUT2D eigenvalue weighted by Gasteiger charge is -2.05. The molecule has 4 nitrogen and oxygen atoms in total. The molecule has 0 saturated carbocycles. The molecule has 0 aliphatic rings. The van der Waals surface area contributed by atoms with Crippen molar-refractivity contribution in [2.75, 3.05) is 6.54 Å². The second-order valence-corrected chi connectivity index (χ2v) is 3.01. The van der Waals surface area contributed by atoms with Crippen molar-refractivity contribution in [3.63, 3.8) is 0 Å². The molecule has 0 radical (unpaired) electrons. The summed E-state index contributed by atoms with van der Waals surface area (Å²) in [7, 11) is 0. The van der Waals surface area contributed by atoms with Crippen LogP contribution >= 0.6 is 11.6 Å². The Kier molecular flexibility index (Phi) is 3.33. The quantitative estimate of drug-likeness (QED) is 0.772. The minimum Gasteiger partial charge on any atom is -0.452 e. The van der Waals surface area contributed by atoms with Gasteiger partial charge in [0.25, 0.3) is 5.91 Å². The summed E-state index contributed by atoms with van der Waals surface area (Å²) in [6, 6.07) is 1.47. The van der Waals surface area contributed by atoms with Gasteiger partial charge in [0.15, 0.2) is 0 Å². The Balaban J connectivity index is 2.54. The molecular weight excluding hydrogens is 194 g/mol. The summed E-state index contributed by atoms with van der Waals surface area (Å²) in [5.41, 5.74) is 0.280. The van der Waals surface area contributed by atoms with E-state index < -0.39 is 6.10 Å². The van der Waals surface area contributed by atoms with Gasteiger partial charge in [0.05, 0.1) is 17.9 Å². The van der Waals surface area contributed by atoms with Crippen LogP contribution in [0.3, 0.4) is 0 Å². The first-order valence-electron chi connectivity index (χ1n) is 3.80. The third kappa shape index (κ3) is 2.75. The van der Waals surface area contributed by atoms with Crippen molar-refractivity contribution < 1.29 is 14.3 Å². The number of carbonyl (C=O) groups is 1. The average molecular weight is 204 g/mol. The fraction of sp³-hybridized carbons (Fsp3) is 0.375. The Morgan fingerprint density at radius 1 is 1.85 bits per heavy atom.